The topological polar surface area (TPSA) is 32.3 Å². The molecule has 0 aliphatic heterocycles. The van der Waals surface area contributed by atoms with E-state index in [0.29, 0.717) is 18.0 Å². The molecule has 0 heterocycles. The minimum atomic E-state index is -0.257. The fourth-order valence-corrected chi connectivity index (χ4v) is 2.01. The number of halogens is 1. The molecule has 0 saturated heterocycles. The Kier molecular flexibility index (Phi) is 4.90. The van der Waals surface area contributed by atoms with Crippen LogP contribution in [-0.2, 0) is 11.3 Å². The number of hydrogen-bond acceptors (Lipinski definition) is 2. The number of likely N-dealkylation sites (N-methyl/N-ethyl adjacent to an activating group) is 1. The van der Waals surface area contributed by atoms with Crippen molar-refractivity contribution in [3.05, 3.63) is 47.3 Å². The lowest BCUT2D eigenvalue weighted by Crippen LogP contribution is -2.21. The number of carbonyl (C=O) groups excluding carboxylic acids is 1. The monoisotopic (exact) mass is 276 g/mol. The van der Waals surface area contributed by atoms with Crippen LogP contribution in [0, 0.1) is 5.82 Å². The largest absolute Gasteiger partial charge is 0.348 e. The van der Waals surface area contributed by atoms with Gasteiger partial charge < -0.3 is 10.2 Å². The normalized spacial score (nSPS) is 15.0. The highest BCUT2D eigenvalue weighted by Crippen LogP contribution is 2.40. The Labute approximate surface area is 119 Å². The molecule has 1 fully saturated rings. The molecule has 1 N–H and O–H groups in total. The van der Waals surface area contributed by atoms with Crippen molar-refractivity contribution in [1.29, 1.82) is 0 Å². The standard InChI is InChI=1S/C16H21FN2O/c1-19(2)9-3-4-16(20)18-11-14-10-13(12-5-6-12)7-8-15(14)17/h3-4,7-8,10,12H,5-6,9,11H2,1-2H3,(H,18,20)/b4-3+. The zero-order valence-electron chi connectivity index (χ0n) is 12.0. The van der Waals surface area contributed by atoms with Crippen LogP contribution in [-0.4, -0.2) is 31.4 Å². The van der Waals surface area contributed by atoms with E-state index in [1.165, 1.54) is 30.5 Å². The molecule has 1 saturated carbocycles. The summed E-state index contributed by atoms with van der Waals surface area (Å²) in [7, 11) is 3.86. The fourth-order valence-electron chi connectivity index (χ4n) is 2.01. The third-order valence-electron chi connectivity index (χ3n) is 3.31. The highest BCUT2D eigenvalue weighted by Gasteiger charge is 2.24. The van der Waals surface area contributed by atoms with Gasteiger partial charge in [0.25, 0.3) is 0 Å². The average Bonchev–Trinajstić information content (AvgIpc) is 3.21. The Balaban J connectivity index is 1.88. The van der Waals surface area contributed by atoms with Crippen molar-refractivity contribution in [3.8, 4) is 0 Å². The van der Waals surface area contributed by atoms with Gasteiger partial charge in [0.15, 0.2) is 0 Å². The van der Waals surface area contributed by atoms with Crippen LogP contribution in [0.2, 0.25) is 0 Å². The smallest absolute Gasteiger partial charge is 0.243 e. The molecule has 0 radical (unpaired) electrons. The van der Waals surface area contributed by atoms with E-state index in [1.807, 2.05) is 31.1 Å². The van der Waals surface area contributed by atoms with Gasteiger partial charge in [0, 0.05) is 24.7 Å². The highest BCUT2D eigenvalue weighted by molar-refractivity contribution is 5.87. The number of carbonyl (C=O) groups is 1. The summed E-state index contributed by atoms with van der Waals surface area (Å²) in [5.74, 6) is 0.139. The van der Waals surface area contributed by atoms with Gasteiger partial charge >= 0.3 is 0 Å². The maximum absolute atomic E-state index is 13.7. The Bertz CT molecular complexity index is 507. The zero-order valence-corrected chi connectivity index (χ0v) is 12.0. The predicted octanol–water partition coefficient (Wildman–Crippen LogP) is 2.44. The Morgan fingerprint density at radius 1 is 1.45 bits per heavy atom. The molecule has 0 aromatic heterocycles. The maximum atomic E-state index is 13.7. The Morgan fingerprint density at radius 3 is 2.85 bits per heavy atom. The van der Waals surface area contributed by atoms with Gasteiger partial charge in [-0.2, -0.15) is 0 Å². The van der Waals surface area contributed by atoms with Crippen molar-refractivity contribution in [3.63, 3.8) is 0 Å². The van der Waals surface area contributed by atoms with Crippen LogP contribution in [0.5, 0.6) is 0 Å². The third-order valence-corrected chi connectivity index (χ3v) is 3.31. The third kappa shape index (κ3) is 4.46. The molecular formula is C16H21FN2O. The second-order valence-corrected chi connectivity index (χ2v) is 5.51. The number of rotatable bonds is 6. The van der Waals surface area contributed by atoms with E-state index in [-0.39, 0.29) is 18.3 Å². The van der Waals surface area contributed by atoms with E-state index >= 15 is 0 Å². The minimum Gasteiger partial charge on any atom is -0.348 e. The van der Waals surface area contributed by atoms with Crippen molar-refractivity contribution in [2.45, 2.75) is 25.3 Å². The molecule has 1 aliphatic carbocycles. The summed E-state index contributed by atoms with van der Waals surface area (Å²) < 4.78 is 13.7. The van der Waals surface area contributed by atoms with Crippen molar-refractivity contribution >= 4 is 5.91 Å². The second-order valence-electron chi connectivity index (χ2n) is 5.51. The summed E-state index contributed by atoms with van der Waals surface area (Å²) in [4.78, 5) is 13.6. The lowest BCUT2D eigenvalue weighted by atomic mass is 10.1. The molecule has 4 heteroatoms. The molecule has 1 aliphatic rings. The molecule has 20 heavy (non-hydrogen) atoms. The molecule has 3 nitrogen and oxygen atoms in total. The molecule has 0 bridgehead atoms. The molecular weight excluding hydrogens is 255 g/mol. The molecule has 1 aromatic rings. The number of hydrogen-bond donors (Lipinski definition) is 1. The van der Waals surface area contributed by atoms with Crippen LogP contribution < -0.4 is 5.32 Å². The number of nitrogens with one attached hydrogen (secondary N) is 1. The summed E-state index contributed by atoms with van der Waals surface area (Å²) >= 11 is 0. The number of nitrogens with zero attached hydrogens (tertiary/aromatic N) is 1. The van der Waals surface area contributed by atoms with Gasteiger partial charge in [0.05, 0.1) is 0 Å². The number of amides is 1. The van der Waals surface area contributed by atoms with Gasteiger partial charge in [-0.3, -0.25) is 4.79 Å². The van der Waals surface area contributed by atoms with Crippen molar-refractivity contribution in [2.24, 2.45) is 0 Å². The van der Waals surface area contributed by atoms with Crippen LogP contribution in [0.15, 0.2) is 30.4 Å². The van der Waals surface area contributed by atoms with Crippen LogP contribution in [0.25, 0.3) is 0 Å². The molecule has 2 rings (SSSR count). The fraction of sp³-hybridized carbons (Fsp3) is 0.438. The summed E-state index contributed by atoms with van der Waals surface area (Å²) in [5, 5.41) is 2.72. The molecule has 0 spiro atoms. The van der Waals surface area contributed by atoms with Crippen LogP contribution in [0.4, 0.5) is 4.39 Å². The maximum Gasteiger partial charge on any atom is 0.243 e. The lowest BCUT2D eigenvalue weighted by Gasteiger charge is -2.07. The summed E-state index contributed by atoms with van der Waals surface area (Å²) in [5.41, 5.74) is 1.74. The predicted molar refractivity (Wildman–Crippen MR) is 77.9 cm³/mol. The van der Waals surface area contributed by atoms with Crippen molar-refractivity contribution in [2.75, 3.05) is 20.6 Å². The van der Waals surface area contributed by atoms with Gasteiger partial charge in [-0.25, -0.2) is 4.39 Å². The first-order valence-electron chi connectivity index (χ1n) is 6.93. The first kappa shape index (κ1) is 14.7. The summed E-state index contributed by atoms with van der Waals surface area (Å²) in [6.07, 6.45) is 5.64. The van der Waals surface area contributed by atoms with E-state index in [9.17, 15) is 9.18 Å². The van der Waals surface area contributed by atoms with Gasteiger partial charge in [0.2, 0.25) is 5.91 Å². The zero-order chi connectivity index (χ0) is 14.5. The first-order valence-corrected chi connectivity index (χ1v) is 6.93. The minimum absolute atomic E-state index is 0.192. The van der Waals surface area contributed by atoms with E-state index in [4.69, 9.17) is 0 Å². The van der Waals surface area contributed by atoms with Gasteiger partial charge in [-0.05, 0) is 44.5 Å². The first-order chi connectivity index (χ1) is 9.56. The van der Waals surface area contributed by atoms with Gasteiger partial charge in [-0.1, -0.05) is 18.2 Å². The molecule has 108 valence electrons. The SMILES string of the molecule is CN(C)C/C=C/C(=O)NCc1cc(C2CC2)ccc1F. The Hall–Kier alpha value is -1.68. The molecule has 0 unspecified atom stereocenters. The Morgan fingerprint density at radius 2 is 2.20 bits per heavy atom. The molecule has 0 atom stereocenters. The quantitative estimate of drug-likeness (QED) is 0.809. The van der Waals surface area contributed by atoms with Crippen molar-refractivity contribution in [1.82, 2.24) is 10.2 Å². The van der Waals surface area contributed by atoms with E-state index in [0.717, 1.165) is 0 Å². The van der Waals surface area contributed by atoms with Crippen LogP contribution >= 0.6 is 0 Å². The van der Waals surface area contributed by atoms with E-state index in [2.05, 4.69) is 5.32 Å². The van der Waals surface area contributed by atoms with Crippen molar-refractivity contribution < 1.29 is 9.18 Å². The van der Waals surface area contributed by atoms with Crippen LogP contribution in [0.1, 0.15) is 29.9 Å². The lowest BCUT2D eigenvalue weighted by molar-refractivity contribution is -0.116. The summed E-state index contributed by atoms with van der Waals surface area (Å²) in [6.45, 7) is 0.941. The average molecular weight is 276 g/mol. The van der Waals surface area contributed by atoms with E-state index < -0.39 is 0 Å². The summed E-state index contributed by atoms with van der Waals surface area (Å²) in [6, 6.07) is 5.21. The number of benzene rings is 1. The highest BCUT2D eigenvalue weighted by atomic mass is 19.1. The second kappa shape index (κ2) is 6.66. The van der Waals surface area contributed by atoms with E-state index in [1.54, 1.807) is 6.08 Å². The van der Waals surface area contributed by atoms with Crippen LogP contribution in [0.3, 0.4) is 0 Å². The van der Waals surface area contributed by atoms with Gasteiger partial charge in [-0.15, -0.1) is 0 Å². The molecule has 1 aromatic carbocycles. The molecule has 1 amide bonds. The van der Waals surface area contributed by atoms with Gasteiger partial charge in [0.1, 0.15) is 5.82 Å².